The van der Waals surface area contributed by atoms with E-state index in [0.29, 0.717) is 6.61 Å². The van der Waals surface area contributed by atoms with Crippen LogP contribution in [-0.2, 0) is 14.2 Å². The van der Waals surface area contributed by atoms with Gasteiger partial charge in [-0.05, 0) is 20.3 Å². The number of hydrogen-bond donors (Lipinski definition) is 0. The van der Waals surface area contributed by atoms with Crippen LogP contribution >= 0.6 is 0 Å². The van der Waals surface area contributed by atoms with Crippen molar-refractivity contribution in [2.75, 3.05) is 13.7 Å². The van der Waals surface area contributed by atoms with Gasteiger partial charge in [0.05, 0.1) is 24.4 Å². The maximum absolute atomic E-state index is 6.31. The summed E-state index contributed by atoms with van der Waals surface area (Å²) in [6, 6.07) is 0. The molecule has 92 valence electrons. The Labute approximate surface area is 97.8 Å². The fraction of sp³-hybridized carbons (Fsp3) is 0.846. The lowest BCUT2D eigenvalue weighted by atomic mass is 9.77. The van der Waals surface area contributed by atoms with Crippen molar-refractivity contribution in [2.45, 2.75) is 56.5 Å². The molecule has 0 aromatic heterocycles. The molecule has 0 spiro atoms. The molecule has 0 saturated carbocycles. The first-order valence-corrected chi connectivity index (χ1v) is 5.99. The van der Waals surface area contributed by atoms with Gasteiger partial charge in [0.1, 0.15) is 5.60 Å². The summed E-state index contributed by atoms with van der Waals surface area (Å²) >= 11 is 0. The first kappa shape index (κ1) is 12.1. The third-order valence-corrected chi connectivity index (χ3v) is 3.89. The summed E-state index contributed by atoms with van der Waals surface area (Å²) in [6.07, 6.45) is 4.93. The van der Waals surface area contributed by atoms with Crippen molar-refractivity contribution in [2.24, 2.45) is 0 Å². The Balaban J connectivity index is 2.26. The van der Waals surface area contributed by atoms with Crippen LogP contribution in [-0.4, -0.2) is 37.1 Å². The molecule has 0 unspecified atom stereocenters. The van der Waals surface area contributed by atoms with E-state index >= 15 is 0 Å². The van der Waals surface area contributed by atoms with E-state index in [1.807, 2.05) is 6.08 Å². The van der Waals surface area contributed by atoms with Gasteiger partial charge < -0.3 is 14.2 Å². The molecule has 0 aromatic rings. The third kappa shape index (κ3) is 1.92. The molecule has 3 nitrogen and oxygen atoms in total. The van der Waals surface area contributed by atoms with Gasteiger partial charge in [-0.15, -0.1) is 6.58 Å². The molecule has 0 N–H and O–H groups in total. The molecule has 4 atom stereocenters. The van der Waals surface area contributed by atoms with E-state index in [-0.39, 0.29) is 23.4 Å². The van der Waals surface area contributed by atoms with Gasteiger partial charge in [0.25, 0.3) is 0 Å². The zero-order valence-electron chi connectivity index (χ0n) is 10.5. The van der Waals surface area contributed by atoms with E-state index in [0.717, 1.165) is 19.3 Å². The second kappa shape index (κ2) is 4.13. The maximum atomic E-state index is 6.31. The molecule has 2 fully saturated rings. The number of hydrogen-bond acceptors (Lipinski definition) is 3. The van der Waals surface area contributed by atoms with Gasteiger partial charge >= 0.3 is 0 Å². The van der Waals surface area contributed by atoms with Gasteiger partial charge in [-0.1, -0.05) is 6.08 Å². The minimum atomic E-state index is -0.242. The normalized spacial score (nSPS) is 47.7. The Morgan fingerprint density at radius 3 is 2.88 bits per heavy atom. The Morgan fingerprint density at radius 2 is 2.25 bits per heavy atom. The molecule has 2 rings (SSSR count). The molecule has 2 bridgehead atoms. The predicted molar refractivity (Wildman–Crippen MR) is 62.5 cm³/mol. The predicted octanol–water partition coefficient (Wildman–Crippen LogP) is 2.30. The monoisotopic (exact) mass is 226 g/mol. The molecule has 3 heteroatoms. The van der Waals surface area contributed by atoms with Gasteiger partial charge in [0.15, 0.2) is 0 Å². The summed E-state index contributed by atoms with van der Waals surface area (Å²) in [4.78, 5) is 0. The highest BCUT2D eigenvalue weighted by Gasteiger charge is 2.53. The van der Waals surface area contributed by atoms with Crippen LogP contribution in [0.15, 0.2) is 12.7 Å². The van der Waals surface area contributed by atoms with E-state index < -0.39 is 0 Å². The van der Waals surface area contributed by atoms with Crippen LogP contribution in [0.2, 0.25) is 0 Å². The fourth-order valence-electron chi connectivity index (χ4n) is 3.01. The topological polar surface area (TPSA) is 27.7 Å². The summed E-state index contributed by atoms with van der Waals surface area (Å²) in [5.74, 6) is 0. The highest BCUT2D eigenvalue weighted by Crippen LogP contribution is 2.45. The summed E-state index contributed by atoms with van der Waals surface area (Å²) in [6.45, 7) is 8.69. The standard InChI is InChI=1S/C13H22O3/c1-5-6-13-8-11(14-4)7-12(3,16-13)9-15-10(13)2/h5,10-11H,1,6-9H2,2-4H3/t10-,11+,12-,13+/m1/s1. The van der Waals surface area contributed by atoms with Crippen LogP contribution in [0.3, 0.4) is 0 Å². The van der Waals surface area contributed by atoms with E-state index in [1.165, 1.54) is 0 Å². The second-order valence-electron chi connectivity index (χ2n) is 5.33. The number of methoxy groups -OCH3 is 1. The summed E-state index contributed by atoms with van der Waals surface area (Å²) < 4.78 is 17.7. The molecule has 2 aliphatic rings. The van der Waals surface area contributed by atoms with Crippen molar-refractivity contribution in [1.82, 2.24) is 0 Å². The smallest absolute Gasteiger partial charge is 0.101 e. The van der Waals surface area contributed by atoms with Gasteiger partial charge in [-0.3, -0.25) is 0 Å². The van der Waals surface area contributed by atoms with Crippen LogP contribution < -0.4 is 0 Å². The van der Waals surface area contributed by atoms with Crippen LogP contribution in [0.4, 0.5) is 0 Å². The second-order valence-corrected chi connectivity index (χ2v) is 5.33. The minimum Gasteiger partial charge on any atom is -0.381 e. The van der Waals surface area contributed by atoms with E-state index in [4.69, 9.17) is 14.2 Å². The fourth-order valence-corrected chi connectivity index (χ4v) is 3.01. The lowest BCUT2D eigenvalue weighted by Crippen LogP contribution is -2.63. The molecule has 2 aliphatic heterocycles. The van der Waals surface area contributed by atoms with Crippen molar-refractivity contribution < 1.29 is 14.2 Å². The van der Waals surface area contributed by atoms with Crippen LogP contribution in [0.5, 0.6) is 0 Å². The quantitative estimate of drug-likeness (QED) is 0.691. The Morgan fingerprint density at radius 1 is 1.50 bits per heavy atom. The van der Waals surface area contributed by atoms with E-state index in [1.54, 1.807) is 7.11 Å². The van der Waals surface area contributed by atoms with Crippen molar-refractivity contribution in [3.05, 3.63) is 12.7 Å². The zero-order valence-corrected chi connectivity index (χ0v) is 10.5. The lowest BCUT2D eigenvalue weighted by molar-refractivity contribution is -0.310. The Hall–Kier alpha value is -0.380. The van der Waals surface area contributed by atoms with E-state index in [9.17, 15) is 0 Å². The maximum Gasteiger partial charge on any atom is 0.101 e. The van der Waals surface area contributed by atoms with Gasteiger partial charge in [-0.2, -0.15) is 0 Å². The molecule has 2 heterocycles. The number of ether oxygens (including phenoxy) is 3. The Kier molecular flexibility index (Phi) is 3.12. The summed E-state index contributed by atoms with van der Waals surface area (Å²) in [7, 11) is 1.78. The molecule has 0 amide bonds. The molecular formula is C13H22O3. The highest BCUT2D eigenvalue weighted by atomic mass is 16.6. The largest absolute Gasteiger partial charge is 0.381 e. The van der Waals surface area contributed by atoms with Crippen LogP contribution in [0.25, 0.3) is 0 Å². The molecule has 2 saturated heterocycles. The first-order chi connectivity index (χ1) is 7.53. The van der Waals surface area contributed by atoms with Crippen molar-refractivity contribution in [3.63, 3.8) is 0 Å². The SMILES string of the molecule is C=CC[C@]12C[C@@H](OC)C[C@](C)(CO[C@@H]1C)O2. The van der Waals surface area contributed by atoms with Crippen LogP contribution in [0, 0.1) is 0 Å². The van der Waals surface area contributed by atoms with Crippen molar-refractivity contribution in [3.8, 4) is 0 Å². The molecule has 0 aromatic carbocycles. The third-order valence-electron chi connectivity index (χ3n) is 3.89. The number of rotatable bonds is 3. The van der Waals surface area contributed by atoms with Gasteiger partial charge in [-0.25, -0.2) is 0 Å². The lowest BCUT2D eigenvalue weighted by Gasteiger charge is -2.55. The average molecular weight is 226 g/mol. The van der Waals surface area contributed by atoms with Crippen molar-refractivity contribution in [1.29, 1.82) is 0 Å². The first-order valence-electron chi connectivity index (χ1n) is 5.99. The van der Waals surface area contributed by atoms with Crippen LogP contribution in [0.1, 0.15) is 33.1 Å². The number of fused-ring (bicyclic) bond motifs is 2. The minimum absolute atomic E-state index is 0.108. The highest BCUT2D eigenvalue weighted by molar-refractivity contribution is 5.05. The Bertz CT molecular complexity index is 278. The van der Waals surface area contributed by atoms with E-state index in [2.05, 4.69) is 20.4 Å². The molecular weight excluding hydrogens is 204 g/mol. The molecule has 16 heavy (non-hydrogen) atoms. The molecule has 0 aliphatic carbocycles. The summed E-state index contributed by atoms with van der Waals surface area (Å²) in [5.41, 5.74) is -0.442. The molecule has 0 radical (unpaired) electrons. The van der Waals surface area contributed by atoms with Gasteiger partial charge in [0.2, 0.25) is 0 Å². The van der Waals surface area contributed by atoms with Gasteiger partial charge in [0, 0.05) is 20.0 Å². The zero-order chi connectivity index (χ0) is 11.8. The average Bonchev–Trinajstić information content (AvgIpc) is 2.24. The van der Waals surface area contributed by atoms with Crippen molar-refractivity contribution >= 4 is 0 Å². The summed E-state index contributed by atoms with van der Waals surface area (Å²) in [5, 5.41) is 0.